The van der Waals surface area contributed by atoms with Crippen LogP contribution in [0.4, 0.5) is 0 Å². The minimum Gasteiger partial charge on any atom is -0.354 e. The second kappa shape index (κ2) is 6.58. The lowest BCUT2D eigenvalue weighted by Gasteiger charge is -2.29. The molecule has 1 nitrogen and oxygen atoms in total. The number of nitrogens with one attached hydrogen (secondary N) is 1. The third kappa shape index (κ3) is 2.43. The first-order valence-corrected chi connectivity index (χ1v) is 9.00. The quantitative estimate of drug-likeness (QED) is 0.430. The number of benzene rings is 3. The zero-order chi connectivity index (χ0) is 18.0. The summed E-state index contributed by atoms with van der Waals surface area (Å²) in [6, 6.07) is 29.3. The van der Waals surface area contributed by atoms with Crippen LogP contribution in [0.2, 0.25) is 0 Å². The standard InChI is InChI=1S/C25H21N/c1-3-25(4-2,20-15-9-6-10-16-20)23-21-17-11-12-18-22(21)26-24(23)19-13-7-5-8-14-19/h1,5-18,26H,4H2,2H3. The highest BCUT2D eigenvalue weighted by Crippen LogP contribution is 2.44. The Morgan fingerprint density at radius 2 is 1.46 bits per heavy atom. The van der Waals surface area contributed by atoms with Crippen molar-refractivity contribution in [3.63, 3.8) is 0 Å². The van der Waals surface area contributed by atoms with E-state index in [0.717, 1.165) is 28.8 Å². The molecule has 1 aromatic heterocycles. The molecule has 1 atom stereocenters. The van der Waals surface area contributed by atoms with Gasteiger partial charge in [0.05, 0.1) is 11.1 Å². The van der Waals surface area contributed by atoms with Crippen molar-refractivity contribution >= 4 is 10.9 Å². The lowest BCUT2D eigenvalue weighted by atomic mass is 9.71. The van der Waals surface area contributed by atoms with Crippen LogP contribution >= 0.6 is 0 Å². The molecule has 1 unspecified atom stereocenters. The lowest BCUT2D eigenvalue weighted by molar-refractivity contribution is 0.648. The van der Waals surface area contributed by atoms with Crippen LogP contribution in [0.25, 0.3) is 22.2 Å². The predicted octanol–water partition coefficient (Wildman–Crippen LogP) is 6.16. The van der Waals surface area contributed by atoms with Crippen molar-refractivity contribution in [1.29, 1.82) is 0 Å². The van der Waals surface area contributed by atoms with E-state index in [9.17, 15) is 0 Å². The van der Waals surface area contributed by atoms with Crippen molar-refractivity contribution in [1.82, 2.24) is 4.98 Å². The maximum atomic E-state index is 6.22. The number of aromatic amines is 1. The summed E-state index contributed by atoms with van der Waals surface area (Å²) in [5.41, 5.74) is 5.25. The summed E-state index contributed by atoms with van der Waals surface area (Å²) in [7, 11) is 0. The molecule has 26 heavy (non-hydrogen) atoms. The van der Waals surface area contributed by atoms with Gasteiger partial charge in [0.1, 0.15) is 0 Å². The highest BCUT2D eigenvalue weighted by atomic mass is 14.7. The van der Waals surface area contributed by atoms with Gasteiger partial charge in [-0.05, 0) is 23.6 Å². The van der Waals surface area contributed by atoms with Crippen molar-refractivity contribution in [3.05, 3.63) is 96.1 Å². The molecular formula is C25H21N. The molecule has 0 radical (unpaired) electrons. The Hall–Kier alpha value is -3.24. The second-order valence-electron chi connectivity index (χ2n) is 6.56. The minimum atomic E-state index is -0.480. The lowest BCUT2D eigenvalue weighted by Crippen LogP contribution is -2.25. The molecule has 0 saturated carbocycles. The molecule has 126 valence electrons. The number of terminal acetylenes is 1. The third-order valence-corrected chi connectivity index (χ3v) is 5.24. The summed E-state index contributed by atoms with van der Waals surface area (Å²) in [5.74, 6) is 3.17. The second-order valence-corrected chi connectivity index (χ2v) is 6.56. The van der Waals surface area contributed by atoms with Crippen LogP contribution in [0.5, 0.6) is 0 Å². The molecule has 4 aromatic rings. The highest BCUT2D eigenvalue weighted by molar-refractivity contribution is 5.93. The number of H-pyrrole nitrogens is 1. The van der Waals surface area contributed by atoms with E-state index in [4.69, 9.17) is 6.42 Å². The van der Waals surface area contributed by atoms with Crippen LogP contribution < -0.4 is 0 Å². The van der Waals surface area contributed by atoms with Crippen molar-refractivity contribution in [3.8, 4) is 23.6 Å². The molecule has 0 aliphatic rings. The average molecular weight is 335 g/mol. The van der Waals surface area contributed by atoms with E-state index in [0.29, 0.717) is 0 Å². The normalized spacial score (nSPS) is 13.2. The molecule has 1 heterocycles. The molecule has 1 N–H and O–H groups in total. The first kappa shape index (κ1) is 16.2. The zero-order valence-corrected chi connectivity index (χ0v) is 14.9. The molecule has 0 amide bonds. The van der Waals surface area contributed by atoms with E-state index >= 15 is 0 Å². The molecule has 0 aliphatic carbocycles. The Kier molecular flexibility index (Phi) is 4.11. The van der Waals surface area contributed by atoms with E-state index in [1.807, 2.05) is 12.1 Å². The van der Waals surface area contributed by atoms with Gasteiger partial charge in [0, 0.05) is 16.5 Å². The molecule has 3 aromatic carbocycles. The van der Waals surface area contributed by atoms with Crippen LogP contribution in [0, 0.1) is 12.3 Å². The summed E-state index contributed by atoms with van der Waals surface area (Å²) in [4.78, 5) is 3.63. The van der Waals surface area contributed by atoms with Gasteiger partial charge in [-0.2, -0.15) is 0 Å². The van der Waals surface area contributed by atoms with Crippen LogP contribution in [-0.4, -0.2) is 4.98 Å². The summed E-state index contributed by atoms with van der Waals surface area (Å²) in [6.45, 7) is 2.17. The van der Waals surface area contributed by atoms with E-state index in [1.165, 1.54) is 10.9 Å². The largest absolute Gasteiger partial charge is 0.354 e. The van der Waals surface area contributed by atoms with Crippen molar-refractivity contribution in [2.24, 2.45) is 0 Å². The Labute approximate surface area is 154 Å². The maximum Gasteiger partial charge on any atom is 0.0833 e. The zero-order valence-electron chi connectivity index (χ0n) is 14.9. The molecule has 4 rings (SSSR count). The van der Waals surface area contributed by atoms with E-state index in [-0.39, 0.29) is 0 Å². The number of aromatic nitrogens is 1. The predicted molar refractivity (Wildman–Crippen MR) is 110 cm³/mol. The monoisotopic (exact) mass is 335 g/mol. The first-order chi connectivity index (χ1) is 12.8. The van der Waals surface area contributed by atoms with Crippen molar-refractivity contribution < 1.29 is 0 Å². The molecule has 1 heteroatoms. The number of para-hydroxylation sites is 1. The first-order valence-electron chi connectivity index (χ1n) is 9.00. The summed E-state index contributed by atoms with van der Waals surface area (Å²) >= 11 is 0. The average Bonchev–Trinajstić information content (AvgIpc) is 3.11. The molecular weight excluding hydrogens is 314 g/mol. The minimum absolute atomic E-state index is 0.480. The summed E-state index contributed by atoms with van der Waals surface area (Å²) in [5, 5.41) is 1.19. The van der Waals surface area contributed by atoms with Gasteiger partial charge >= 0.3 is 0 Å². The third-order valence-electron chi connectivity index (χ3n) is 5.24. The van der Waals surface area contributed by atoms with Crippen LogP contribution in [0.3, 0.4) is 0 Å². The highest BCUT2D eigenvalue weighted by Gasteiger charge is 2.35. The van der Waals surface area contributed by atoms with Gasteiger partial charge in [-0.25, -0.2) is 0 Å². The molecule has 0 spiro atoms. The summed E-state index contributed by atoms with van der Waals surface area (Å²) < 4.78 is 0. The Balaban J connectivity index is 2.11. The Morgan fingerprint density at radius 1 is 0.846 bits per heavy atom. The van der Waals surface area contributed by atoms with Gasteiger partial charge in [-0.1, -0.05) is 91.7 Å². The van der Waals surface area contributed by atoms with Gasteiger partial charge in [-0.3, -0.25) is 0 Å². The number of hydrogen-bond acceptors (Lipinski definition) is 0. The van der Waals surface area contributed by atoms with Gasteiger partial charge < -0.3 is 4.98 Å². The van der Waals surface area contributed by atoms with E-state index < -0.39 is 5.41 Å². The van der Waals surface area contributed by atoms with Gasteiger partial charge in [0.15, 0.2) is 0 Å². The van der Waals surface area contributed by atoms with Crippen LogP contribution in [0.1, 0.15) is 24.5 Å². The van der Waals surface area contributed by atoms with Gasteiger partial charge in [0.25, 0.3) is 0 Å². The SMILES string of the molecule is C#CC(CC)(c1ccccc1)c1c(-c2ccccc2)[nH]c2ccccc12. The fraction of sp³-hybridized carbons (Fsp3) is 0.120. The van der Waals surface area contributed by atoms with E-state index in [1.54, 1.807) is 0 Å². The number of rotatable bonds is 4. The Bertz CT molecular complexity index is 1070. The maximum absolute atomic E-state index is 6.22. The fourth-order valence-corrected chi connectivity index (χ4v) is 3.91. The van der Waals surface area contributed by atoms with E-state index in [2.05, 4.69) is 90.6 Å². The number of hydrogen-bond donors (Lipinski definition) is 1. The van der Waals surface area contributed by atoms with Crippen LogP contribution in [-0.2, 0) is 5.41 Å². The van der Waals surface area contributed by atoms with Crippen molar-refractivity contribution in [2.45, 2.75) is 18.8 Å². The molecule has 0 aliphatic heterocycles. The Morgan fingerprint density at radius 3 is 2.12 bits per heavy atom. The van der Waals surface area contributed by atoms with Crippen molar-refractivity contribution in [2.75, 3.05) is 0 Å². The summed E-state index contributed by atoms with van der Waals surface area (Å²) in [6.07, 6.45) is 7.04. The van der Waals surface area contributed by atoms with Gasteiger partial charge in [-0.15, -0.1) is 6.42 Å². The fourth-order valence-electron chi connectivity index (χ4n) is 3.91. The van der Waals surface area contributed by atoms with Crippen LogP contribution in [0.15, 0.2) is 84.9 Å². The number of fused-ring (bicyclic) bond motifs is 1. The smallest absolute Gasteiger partial charge is 0.0833 e. The van der Waals surface area contributed by atoms with Gasteiger partial charge in [0.2, 0.25) is 0 Å². The molecule has 0 saturated heterocycles. The molecule has 0 bridgehead atoms. The molecule has 0 fully saturated rings. The topological polar surface area (TPSA) is 15.8 Å².